The highest BCUT2D eigenvalue weighted by molar-refractivity contribution is 7.91. The zero-order valence-electron chi connectivity index (χ0n) is 12.0. The quantitative estimate of drug-likeness (QED) is 0.712. The van der Waals surface area contributed by atoms with Crippen LogP contribution in [0.25, 0.3) is 0 Å². The number of nitrogens with two attached hydrogens (primary N) is 1. The highest BCUT2D eigenvalue weighted by atomic mass is 32.2. The molecular weight excluding hydrogens is 296 g/mol. The Kier molecular flexibility index (Phi) is 4.57. The van der Waals surface area contributed by atoms with Crippen LogP contribution in [-0.4, -0.2) is 60.9 Å². The predicted octanol–water partition coefficient (Wildman–Crippen LogP) is -0.394. The van der Waals surface area contributed by atoms with Gasteiger partial charge in [0.2, 0.25) is 5.91 Å². The molecule has 2 aliphatic rings. The Morgan fingerprint density at radius 1 is 1.29 bits per heavy atom. The third kappa shape index (κ3) is 3.37. The highest BCUT2D eigenvalue weighted by Gasteiger charge is 2.46. The minimum absolute atomic E-state index is 0.0106. The lowest BCUT2D eigenvalue weighted by molar-refractivity contribution is -0.151. The first kappa shape index (κ1) is 16.2. The molecule has 0 aromatic heterocycles. The van der Waals surface area contributed by atoms with Crippen LogP contribution in [0.1, 0.15) is 32.1 Å². The van der Waals surface area contributed by atoms with Gasteiger partial charge in [0.15, 0.2) is 9.84 Å². The topological polar surface area (TPSA) is 118 Å². The van der Waals surface area contributed by atoms with Gasteiger partial charge in [0.05, 0.1) is 16.9 Å². The zero-order valence-corrected chi connectivity index (χ0v) is 12.8. The average molecular weight is 318 g/mol. The number of hydrogen-bond donors (Lipinski definition) is 2. The summed E-state index contributed by atoms with van der Waals surface area (Å²) in [7, 11) is -3.18. The Balaban J connectivity index is 2.23. The van der Waals surface area contributed by atoms with Crippen LogP contribution in [0.4, 0.5) is 0 Å². The summed E-state index contributed by atoms with van der Waals surface area (Å²) in [6.07, 6.45) is 3.40. The van der Waals surface area contributed by atoms with Gasteiger partial charge in [0, 0.05) is 12.6 Å². The Labute approximate surface area is 124 Å². The zero-order chi connectivity index (χ0) is 15.7. The molecule has 1 aliphatic heterocycles. The normalized spacial score (nSPS) is 26.6. The van der Waals surface area contributed by atoms with Crippen molar-refractivity contribution < 1.29 is 23.1 Å². The molecule has 3 N–H and O–H groups in total. The number of amides is 1. The number of aliphatic carboxylic acids is 1. The number of carboxylic acid groups (broad SMARTS) is 1. The van der Waals surface area contributed by atoms with Gasteiger partial charge >= 0.3 is 5.97 Å². The molecule has 2 fully saturated rings. The maximum absolute atomic E-state index is 12.8. The maximum Gasteiger partial charge on any atom is 0.323 e. The molecule has 1 atom stereocenters. The summed E-state index contributed by atoms with van der Waals surface area (Å²) >= 11 is 0. The molecule has 0 aromatic rings. The van der Waals surface area contributed by atoms with E-state index in [0.717, 1.165) is 12.8 Å². The molecule has 0 radical (unpaired) electrons. The van der Waals surface area contributed by atoms with Crippen molar-refractivity contribution in [3.8, 4) is 0 Å². The van der Waals surface area contributed by atoms with Crippen molar-refractivity contribution in [3.63, 3.8) is 0 Å². The molecule has 7 nitrogen and oxygen atoms in total. The van der Waals surface area contributed by atoms with Crippen LogP contribution in [0.15, 0.2) is 0 Å². The molecule has 8 heteroatoms. The molecule has 1 saturated heterocycles. The second-order valence-electron chi connectivity index (χ2n) is 6.08. The first-order chi connectivity index (χ1) is 9.80. The van der Waals surface area contributed by atoms with Crippen molar-refractivity contribution >= 4 is 21.7 Å². The number of hydrogen-bond acceptors (Lipinski definition) is 5. The average Bonchev–Trinajstić information content (AvgIpc) is 3.02. The lowest BCUT2D eigenvalue weighted by Gasteiger charge is -2.35. The summed E-state index contributed by atoms with van der Waals surface area (Å²) in [5.41, 5.74) is 5.07. The first-order valence-corrected chi connectivity index (χ1v) is 9.05. The molecule has 0 aromatic carbocycles. The van der Waals surface area contributed by atoms with Gasteiger partial charge in [0.25, 0.3) is 0 Å². The molecule has 21 heavy (non-hydrogen) atoms. The summed E-state index contributed by atoms with van der Waals surface area (Å²) in [4.78, 5) is 25.1. The van der Waals surface area contributed by atoms with Crippen LogP contribution in [0.2, 0.25) is 0 Å². The fraction of sp³-hybridized carbons (Fsp3) is 0.846. The smallest absolute Gasteiger partial charge is 0.323 e. The van der Waals surface area contributed by atoms with Crippen molar-refractivity contribution in [2.45, 2.75) is 38.1 Å². The summed E-state index contributed by atoms with van der Waals surface area (Å²) < 4.78 is 23.2. The van der Waals surface area contributed by atoms with Crippen LogP contribution in [0.5, 0.6) is 0 Å². The SMILES string of the molecule is NCC1(C(=O)N(CC(=O)O)C2CCS(=O)(=O)C2)CCCC1. The minimum Gasteiger partial charge on any atom is -0.480 e. The van der Waals surface area contributed by atoms with Gasteiger partial charge in [-0.15, -0.1) is 0 Å². The van der Waals surface area contributed by atoms with Crippen molar-refractivity contribution in [3.05, 3.63) is 0 Å². The number of sulfone groups is 1. The number of rotatable bonds is 5. The molecule has 1 saturated carbocycles. The lowest BCUT2D eigenvalue weighted by Crippen LogP contribution is -2.52. The molecule has 1 amide bonds. The first-order valence-electron chi connectivity index (χ1n) is 7.23. The van der Waals surface area contributed by atoms with E-state index in [9.17, 15) is 18.0 Å². The van der Waals surface area contributed by atoms with Crippen LogP contribution >= 0.6 is 0 Å². The van der Waals surface area contributed by atoms with E-state index < -0.39 is 33.8 Å². The molecule has 1 unspecified atom stereocenters. The monoisotopic (exact) mass is 318 g/mol. The van der Waals surface area contributed by atoms with Crippen molar-refractivity contribution in [1.29, 1.82) is 0 Å². The van der Waals surface area contributed by atoms with E-state index in [4.69, 9.17) is 10.8 Å². The highest BCUT2D eigenvalue weighted by Crippen LogP contribution is 2.39. The predicted molar refractivity (Wildman–Crippen MR) is 76.4 cm³/mol. The number of carbonyl (C=O) groups is 2. The van der Waals surface area contributed by atoms with Crippen molar-refractivity contribution in [2.24, 2.45) is 11.1 Å². The Bertz CT molecular complexity index is 525. The minimum atomic E-state index is -3.18. The van der Waals surface area contributed by atoms with Crippen molar-refractivity contribution in [1.82, 2.24) is 4.90 Å². The number of carbonyl (C=O) groups excluding carboxylic acids is 1. The van der Waals surface area contributed by atoms with Crippen LogP contribution in [0.3, 0.4) is 0 Å². The van der Waals surface area contributed by atoms with Gasteiger partial charge in [-0.05, 0) is 19.3 Å². The number of carboxylic acids is 1. The molecule has 1 heterocycles. The van der Waals surface area contributed by atoms with Crippen molar-refractivity contribution in [2.75, 3.05) is 24.6 Å². The Morgan fingerprint density at radius 3 is 2.33 bits per heavy atom. The van der Waals surface area contributed by atoms with E-state index in [1.165, 1.54) is 4.90 Å². The molecule has 2 rings (SSSR count). The second-order valence-corrected chi connectivity index (χ2v) is 8.30. The van der Waals surface area contributed by atoms with Gasteiger partial charge in [-0.1, -0.05) is 12.8 Å². The van der Waals surface area contributed by atoms with Gasteiger partial charge in [-0.2, -0.15) is 0 Å². The van der Waals surface area contributed by atoms with E-state index >= 15 is 0 Å². The number of nitrogens with zero attached hydrogens (tertiary/aromatic N) is 1. The van der Waals surface area contributed by atoms with Crippen LogP contribution < -0.4 is 5.73 Å². The van der Waals surface area contributed by atoms with Gasteiger partial charge in [-0.25, -0.2) is 8.42 Å². The maximum atomic E-state index is 12.8. The fourth-order valence-corrected chi connectivity index (χ4v) is 5.13. The summed E-state index contributed by atoms with van der Waals surface area (Å²) in [5, 5.41) is 9.05. The third-order valence-corrected chi connectivity index (χ3v) is 6.37. The van der Waals surface area contributed by atoms with Gasteiger partial charge < -0.3 is 15.7 Å². The van der Waals surface area contributed by atoms with E-state index in [-0.39, 0.29) is 24.0 Å². The molecule has 0 bridgehead atoms. The molecular formula is C13H22N2O5S. The third-order valence-electron chi connectivity index (χ3n) is 4.62. The Hall–Kier alpha value is -1.15. The fourth-order valence-electron chi connectivity index (χ4n) is 3.40. The van der Waals surface area contributed by atoms with E-state index in [0.29, 0.717) is 19.3 Å². The van der Waals surface area contributed by atoms with E-state index in [1.54, 1.807) is 0 Å². The van der Waals surface area contributed by atoms with E-state index in [1.807, 2.05) is 0 Å². The summed E-state index contributed by atoms with van der Waals surface area (Å²) in [6, 6.07) is -0.539. The standard InChI is InChI=1S/C13H22N2O5S/c14-9-13(4-1-2-5-13)12(18)15(7-11(16)17)10-3-6-21(19,20)8-10/h10H,1-9,14H2,(H,16,17). The molecule has 1 aliphatic carbocycles. The summed E-state index contributed by atoms with van der Waals surface area (Å²) in [5.74, 6) is -1.55. The van der Waals surface area contributed by atoms with Gasteiger partial charge in [-0.3, -0.25) is 9.59 Å². The van der Waals surface area contributed by atoms with E-state index in [2.05, 4.69) is 0 Å². The van der Waals surface area contributed by atoms with Gasteiger partial charge in [0.1, 0.15) is 6.54 Å². The molecule has 120 valence electrons. The molecule has 0 spiro atoms. The van der Waals surface area contributed by atoms with Crippen LogP contribution in [-0.2, 0) is 19.4 Å². The summed E-state index contributed by atoms with van der Waals surface area (Å²) in [6.45, 7) is -0.276. The largest absolute Gasteiger partial charge is 0.480 e. The Morgan fingerprint density at radius 2 is 1.90 bits per heavy atom. The lowest BCUT2D eigenvalue weighted by atomic mass is 9.84. The van der Waals surface area contributed by atoms with Crippen LogP contribution in [0, 0.1) is 5.41 Å². The second kappa shape index (κ2) is 5.92.